The molecular weight excluding hydrogens is 164 g/mol. The molecule has 2 rings (SSSR count). The van der Waals surface area contributed by atoms with E-state index in [4.69, 9.17) is 5.73 Å². The highest BCUT2D eigenvalue weighted by molar-refractivity contribution is 5.78. The molecule has 13 heavy (non-hydrogen) atoms. The van der Waals surface area contributed by atoms with Gasteiger partial charge in [0.1, 0.15) is 0 Å². The number of nitrogens with one attached hydrogen (secondary N) is 1. The number of hydrogen-bond acceptors (Lipinski definition) is 3. The molecule has 0 amide bonds. The predicted octanol–water partition coefficient (Wildman–Crippen LogP) is 0.884. The lowest BCUT2D eigenvalue weighted by atomic mass is 10.3. The highest BCUT2D eigenvalue weighted by atomic mass is 15.6. The molecular formula is C9H12N4. The smallest absolute Gasteiger partial charge is 0.0918 e. The molecule has 0 saturated carbocycles. The van der Waals surface area contributed by atoms with Gasteiger partial charge in [-0.05, 0) is 13.0 Å². The summed E-state index contributed by atoms with van der Waals surface area (Å²) in [6.45, 7) is 1.87. The molecule has 0 aliphatic carbocycles. The minimum Gasteiger partial charge on any atom is -0.311 e. The topological polar surface area (TPSA) is 55.9 Å². The third-order valence-corrected chi connectivity index (χ3v) is 1.80. The van der Waals surface area contributed by atoms with Crippen LogP contribution in [-0.4, -0.2) is 16.1 Å². The molecule has 1 aromatic carbocycles. The maximum Gasteiger partial charge on any atom is 0.0918 e. The molecule has 68 valence electrons. The highest BCUT2D eigenvalue weighted by Gasteiger charge is 2.00. The molecule has 1 heterocycles. The second-order valence-corrected chi connectivity index (χ2v) is 3.03. The summed E-state index contributed by atoms with van der Waals surface area (Å²) in [6, 6.07) is 7.98. The molecule has 1 unspecified atom stereocenters. The molecule has 1 aromatic heterocycles. The Morgan fingerprint density at radius 1 is 1.46 bits per heavy atom. The Morgan fingerprint density at radius 3 is 3.00 bits per heavy atom. The summed E-state index contributed by atoms with van der Waals surface area (Å²) in [5, 5.41) is 5.27. The van der Waals surface area contributed by atoms with E-state index in [0.717, 1.165) is 10.9 Å². The van der Waals surface area contributed by atoms with Crippen molar-refractivity contribution >= 4 is 10.9 Å². The fraction of sp³-hybridized carbons (Fsp3) is 0.222. The Kier molecular flexibility index (Phi) is 1.90. The average Bonchev–Trinajstić information content (AvgIpc) is 2.48. The van der Waals surface area contributed by atoms with Crippen LogP contribution in [0.25, 0.3) is 10.9 Å². The summed E-state index contributed by atoms with van der Waals surface area (Å²) in [5.41, 5.74) is 9.66. The molecule has 0 aliphatic rings. The number of nitrogens with two attached hydrogens (primary N) is 1. The van der Waals surface area contributed by atoms with Crippen LogP contribution in [0.2, 0.25) is 0 Å². The maximum atomic E-state index is 5.60. The minimum absolute atomic E-state index is 0.108. The zero-order valence-electron chi connectivity index (χ0n) is 7.44. The molecule has 0 radical (unpaired) electrons. The van der Waals surface area contributed by atoms with Gasteiger partial charge in [0.15, 0.2) is 0 Å². The maximum absolute atomic E-state index is 5.60. The van der Waals surface area contributed by atoms with Gasteiger partial charge in [-0.1, -0.05) is 18.2 Å². The van der Waals surface area contributed by atoms with Gasteiger partial charge in [-0.2, -0.15) is 9.89 Å². The first-order valence-electron chi connectivity index (χ1n) is 4.22. The first-order valence-corrected chi connectivity index (χ1v) is 4.22. The molecule has 0 saturated heterocycles. The van der Waals surface area contributed by atoms with Crippen molar-refractivity contribution in [1.29, 1.82) is 0 Å². The van der Waals surface area contributed by atoms with Gasteiger partial charge in [0.25, 0.3) is 0 Å². The van der Waals surface area contributed by atoms with Gasteiger partial charge in [-0.15, -0.1) is 0 Å². The lowest BCUT2D eigenvalue weighted by molar-refractivity contribution is 0.667. The van der Waals surface area contributed by atoms with Crippen molar-refractivity contribution in [3.05, 3.63) is 30.5 Å². The fourth-order valence-corrected chi connectivity index (χ4v) is 1.27. The lowest BCUT2D eigenvalue weighted by Gasteiger charge is -2.10. The first-order chi connectivity index (χ1) is 6.27. The zero-order valence-corrected chi connectivity index (χ0v) is 7.44. The second kappa shape index (κ2) is 3.06. The van der Waals surface area contributed by atoms with Crippen LogP contribution >= 0.6 is 0 Å². The van der Waals surface area contributed by atoms with E-state index in [9.17, 15) is 0 Å². The molecule has 0 fully saturated rings. The molecule has 4 nitrogen and oxygen atoms in total. The fourth-order valence-electron chi connectivity index (χ4n) is 1.27. The van der Waals surface area contributed by atoms with Crippen LogP contribution in [0.5, 0.6) is 0 Å². The third kappa shape index (κ3) is 1.48. The highest BCUT2D eigenvalue weighted by Crippen LogP contribution is 2.10. The van der Waals surface area contributed by atoms with Crippen LogP contribution < -0.4 is 11.2 Å². The number of para-hydroxylation sites is 1. The molecule has 1 atom stereocenters. The molecule has 3 N–H and O–H groups in total. The van der Waals surface area contributed by atoms with Gasteiger partial charge in [0.05, 0.1) is 17.9 Å². The van der Waals surface area contributed by atoms with Crippen molar-refractivity contribution in [1.82, 2.24) is 9.89 Å². The molecule has 0 aliphatic heterocycles. The lowest BCUT2D eigenvalue weighted by Crippen LogP contribution is -2.33. The van der Waals surface area contributed by atoms with Crippen LogP contribution in [-0.2, 0) is 0 Å². The summed E-state index contributed by atoms with van der Waals surface area (Å²) in [7, 11) is 0. The van der Waals surface area contributed by atoms with Crippen molar-refractivity contribution in [3.8, 4) is 0 Å². The summed E-state index contributed by atoms with van der Waals surface area (Å²) >= 11 is 0. The van der Waals surface area contributed by atoms with Gasteiger partial charge in [0, 0.05) is 5.39 Å². The van der Waals surface area contributed by atoms with Gasteiger partial charge < -0.3 is 5.73 Å². The summed E-state index contributed by atoms with van der Waals surface area (Å²) in [6.07, 6.45) is 1.70. The quantitative estimate of drug-likeness (QED) is 0.668. The number of rotatable bonds is 2. The average molecular weight is 176 g/mol. The Balaban J connectivity index is 2.46. The number of benzene rings is 1. The van der Waals surface area contributed by atoms with Gasteiger partial charge >= 0.3 is 0 Å². The Bertz CT molecular complexity index is 405. The Hall–Kier alpha value is -1.55. The molecule has 0 bridgehead atoms. The SMILES string of the molecule is CC(N)Nn1ncc2ccccc21. The summed E-state index contributed by atoms with van der Waals surface area (Å²) in [4.78, 5) is 1.69. The zero-order chi connectivity index (χ0) is 9.26. The monoisotopic (exact) mass is 176 g/mol. The van der Waals surface area contributed by atoms with E-state index in [1.807, 2.05) is 37.4 Å². The van der Waals surface area contributed by atoms with Crippen molar-refractivity contribution in [2.75, 3.05) is 5.43 Å². The van der Waals surface area contributed by atoms with Crippen molar-refractivity contribution in [3.63, 3.8) is 0 Å². The van der Waals surface area contributed by atoms with Crippen molar-refractivity contribution in [2.45, 2.75) is 13.1 Å². The van der Waals surface area contributed by atoms with Gasteiger partial charge in [-0.25, -0.2) is 0 Å². The van der Waals surface area contributed by atoms with Crippen LogP contribution in [0, 0.1) is 0 Å². The normalized spacial score (nSPS) is 13.1. The van der Waals surface area contributed by atoms with E-state index in [2.05, 4.69) is 10.5 Å². The molecule has 0 spiro atoms. The summed E-state index contributed by atoms with van der Waals surface area (Å²) < 4.78 is 0. The second-order valence-electron chi connectivity index (χ2n) is 3.03. The van der Waals surface area contributed by atoms with E-state index < -0.39 is 0 Å². The standard InChI is InChI=1S/C9H12N4/c1-7(10)12-13-9-5-3-2-4-8(9)6-11-13/h2-7,12H,10H2,1H3. The first kappa shape index (κ1) is 8.07. The largest absolute Gasteiger partial charge is 0.311 e. The van der Waals surface area contributed by atoms with E-state index in [1.165, 1.54) is 0 Å². The van der Waals surface area contributed by atoms with E-state index in [-0.39, 0.29) is 6.17 Å². The predicted molar refractivity (Wildman–Crippen MR) is 52.7 cm³/mol. The molecule has 4 heteroatoms. The van der Waals surface area contributed by atoms with Gasteiger partial charge in [-0.3, -0.25) is 5.43 Å². The number of aromatic nitrogens is 2. The van der Waals surface area contributed by atoms with E-state index in [0.29, 0.717) is 0 Å². The Labute approximate surface area is 76.3 Å². The minimum atomic E-state index is -0.108. The summed E-state index contributed by atoms with van der Waals surface area (Å²) in [5.74, 6) is 0. The number of hydrogen-bond donors (Lipinski definition) is 2. The number of fused-ring (bicyclic) bond motifs is 1. The molecule has 2 aromatic rings. The van der Waals surface area contributed by atoms with Crippen LogP contribution in [0.4, 0.5) is 0 Å². The van der Waals surface area contributed by atoms with Crippen LogP contribution in [0.3, 0.4) is 0 Å². The van der Waals surface area contributed by atoms with Crippen LogP contribution in [0.1, 0.15) is 6.92 Å². The Morgan fingerprint density at radius 2 is 2.23 bits per heavy atom. The third-order valence-electron chi connectivity index (χ3n) is 1.80. The van der Waals surface area contributed by atoms with Gasteiger partial charge in [0.2, 0.25) is 0 Å². The van der Waals surface area contributed by atoms with Crippen LogP contribution in [0.15, 0.2) is 30.5 Å². The van der Waals surface area contributed by atoms with Crippen molar-refractivity contribution < 1.29 is 0 Å². The number of nitrogens with zero attached hydrogens (tertiary/aromatic N) is 2. The van der Waals surface area contributed by atoms with Crippen molar-refractivity contribution in [2.24, 2.45) is 5.73 Å². The van der Waals surface area contributed by atoms with E-state index >= 15 is 0 Å². The van der Waals surface area contributed by atoms with E-state index in [1.54, 1.807) is 4.79 Å².